The number of aliphatic hydroxyl groups excluding tert-OH is 1. The number of unbranched alkanes of at least 4 members (excludes halogenated alkanes) is 14. The molecule has 0 saturated heterocycles. The average molecular weight is 631 g/mol. The lowest BCUT2D eigenvalue weighted by atomic mass is 10.0. The first kappa shape index (κ1) is 37.7. The van der Waals surface area contributed by atoms with Crippen LogP contribution in [0.4, 0.5) is 0 Å². The summed E-state index contributed by atoms with van der Waals surface area (Å²) >= 11 is 0. The number of aliphatic hydroxyl groups is 1. The van der Waals surface area contributed by atoms with E-state index in [1.165, 1.54) is 83.5 Å². The van der Waals surface area contributed by atoms with Crippen LogP contribution in [0.25, 0.3) is 0 Å². The Bertz CT molecular complexity index is 1160. The van der Waals surface area contributed by atoms with Crippen LogP contribution in [0.15, 0.2) is 24.3 Å². The molecule has 0 radical (unpaired) electrons. The zero-order valence-electron chi connectivity index (χ0n) is 27.5. The summed E-state index contributed by atoms with van der Waals surface area (Å²) in [7, 11) is 1.45. The largest absolute Gasteiger partial charge is 0.507 e. The third-order valence-corrected chi connectivity index (χ3v) is 7.70. The molecule has 0 bridgehead atoms. The highest BCUT2D eigenvalue weighted by Gasteiger charge is 2.23. The molecule has 0 aliphatic heterocycles. The van der Waals surface area contributed by atoms with Crippen LogP contribution in [-0.4, -0.2) is 47.6 Å². The number of benzene rings is 2. The first-order chi connectivity index (χ1) is 21.8. The van der Waals surface area contributed by atoms with Gasteiger partial charge in [-0.2, -0.15) is 0 Å². The molecular formula is C36H54O9. The molecule has 2 rings (SSSR count). The molecule has 0 aliphatic rings. The number of aryl methyl sites for hydroxylation is 1. The number of hydrogen-bond donors (Lipinski definition) is 3. The molecule has 0 aromatic heterocycles. The fourth-order valence-electron chi connectivity index (χ4n) is 5.23. The Morgan fingerprint density at radius 3 is 1.80 bits per heavy atom. The summed E-state index contributed by atoms with van der Waals surface area (Å²) in [5.41, 5.74) is 0.802. The Kier molecular flexibility index (Phi) is 18.5. The zero-order chi connectivity index (χ0) is 32.9. The van der Waals surface area contributed by atoms with E-state index in [0.29, 0.717) is 29.9 Å². The molecule has 0 atom stereocenters. The van der Waals surface area contributed by atoms with E-state index in [1.807, 2.05) is 0 Å². The number of methoxy groups -OCH3 is 1. The van der Waals surface area contributed by atoms with Crippen molar-refractivity contribution < 1.29 is 43.9 Å². The highest BCUT2D eigenvalue weighted by molar-refractivity contribution is 5.96. The van der Waals surface area contributed by atoms with Gasteiger partial charge < -0.3 is 34.3 Å². The van der Waals surface area contributed by atoms with E-state index in [0.717, 1.165) is 32.1 Å². The van der Waals surface area contributed by atoms with E-state index in [4.69, 9.17) is 24.1 Å². The van der Waals surface area contributed by atoms with E-state index >= 15 is 0 Å². The maximum absolute atomic E-state index is 12.5. The Labute approximate surface area is 268 Å². The lowest BCUT2D eigenvalue weighted by Gasteiger charge is -2.17. The molecule has 0 unspecified atom stereocenters. The molecule has 9 heteroatoms. The van der Waals surface area contributed by atoms with E-state index < -0.39 is 5.97 Å². The lowest BCUT2D eigenvalue weighted by molar-refractivity contribution is -0.145. The maximum atomic E-state index is 12.5. The second-order valence-corrected chi connectivity index (χ2v) is 11.6. The van der Waals surface area contributed by atoms with Crippen molar-refractivity contribution in [3.05, 3.63) is 41.0 Å². The molecule has 0 saturated carbocycles. The third-order valence-electron chi connectivity index (χ3n) is 7.70. The monoisotopic (exact) mass is 630 g/mol. The van der Waals surface area contributed by atoms with Gasteiger partial charge in [0.1, 0.15) is 29.4 Å². The molecule has 2 aromatic rings. The van der Waals surface area contributed by atoms with Gasteiger partial charge in [0.15, 0.2) is 11.5 Å². The zero-order valence-corrected chi connectivity index (χ0v) is 27.5. The minimum atomic E-state index is -0.765. The van der Waals surface area contributed by atoms with Gasteiger partial charge in [0, 0.05) is 24.7 Å². The van der Waals surface area contributed by atoms with Crippen molar-refractivity contribution in [3.8, 4) is 28.7 Å². The van der Waals surface area contributed by atoms with E-state index in [2.05, 4.69) is 0 Å². The molecule has 45 heavy (non-hydrogen) atoms. The number of hydrogen-bond acceptors (Lipinski definition) is 9. The Balaban J connectivity index is 1.76. The number of ether oxygens (including phenoxy) is 4. The van der Waals surface area contributed by atoms with Crippen LogP contribution >= 0.6 is 0 Å². The van der Waals surface area contributed by atoms with Crippen LogP contribution in [0, 0.1) is 6.92 Å². The SMILES string of the molecule is CCOC(=O)c1c(O)cc(C)cc1Oc1c(O)cc(OC)cc1COC(=O)CCCCCCCCCCCCCCCCCO. The number of esters is 2. The number of carbonyl (C=O) groups is 2. The lowest BCUT2D eigenvalue weighted by Crippen LogP contribution is -2.09. The maximum Gasteiger partial charge on any atom is 0.345 e. The molecule has 0 fully saturated rings. The summed E-state index contributed by atoms with van der Waals surface area (Å²) in [6.07, 6.45) is 17.9. The van der Waals surface area contributed by atoms with Crippen LogP contribution in [0.2, 0.25) is 0 Å². The summed E-state index contributed by atoms with van der Waals surface area (Å²) in [6.45, 7) is 3.63. The van der Waals surface area contributed by atoms with Gasteiger partial charge in [0.2, 0.25) is 0 Å². The highest BCUT2D eigenvalue weighted by Crippen LogP contribution is 2.41. The van der Waals surface area contributed by atoms with Crippen molar-refractivity contribution in [2.45, 2.75) is 123 Å². The number of phenolic OH excluding ortho intramolecular Hbond substituents is 2. The van der Waals surface area contributed by atoms with E-state index in [9.17, 15) is 19.8 Å². The van der Waals surface area contributed by atoms with Crippen molar-refractivity contribution in [1.82, 2.24) is 0 Å². The quantitative estimate of drug-likeness (QED) is 0.0770. The van der Waals surface area contributed by atoms with Crippen LogP contribution in [0.3, 0.4) is 0 Å². The van der Waals surface area contributed by atoms with Crippen molar-refractivity contribution in [2.24, 2.45) is 0 Å². The van der Waals surface area contributed by atoms with Gasteiger partial charge in [-0.05, 0) is 50.5 Å². The van der Waals surface area contributed by atoms with Crippen molar-refractivity contribution in [3.63, 3.8) is 0 Å². The van der Waals surface area contributed by atoms with Gasteiger partial charge in [-0.1, -0.05) is 83.5 Å². The van der Waals surface area contributed by atoms with Crippen molar-refractivity contribution >= 4 is 11.9 Å². The molecule has 0 spiro atoms. The van der Waals surface area contributed by atoms with Gasteiger partial charge in [-0.15, -0.1) is 0 Å². The molecule has 0 aliphatic carbocycles. The Morgan fingerprint density at radius 1 is 0.711 bits per heavy atom. The minimum Gasteiger partial charge on any atom is -0.507 e. The molecule has 3 N–H and O–H groups in total. The third kappa shape index (κ3) is 14.5. The fourth-order valence-corrected chi connectivity index (χ4v) is 5.23. The molecule has 252 valence electrons. The summed E-state index contributed by atoms with van der Waals surface area (Å²) < 4.78 is 21.8. The van der Waals surface area contributed by atoms with Gasteiger partial charge in [0.25, 0.3) is 0 Å². The first-order valence-electron chi connectivity index (χ1n) is 16.7. The highest BCUT2D eigenvalue weighted by atomic mass is 16.5. The topological polar surface area (TPSA) is 132 Å². The second kappa shape index (κ2) is 22.1. The summed E-state index contributed by atoms with van der Waals surface area (Å²) in [5.74, 6) is -1.38. The van der Waals surface area contributed by atoms with Gasteiger partial charge in [-0.3, -0.25) is 4.79 Å². The van der Waals surface area contributed by atoms with E-state index in [-0.39, 0.29) is 47.7 Å². The van der Waals surface area contributed by atoms with Crippen LogP contribution in [-0.2, 0) is 20.9 Å². The molecule has 0 amide bonds. The standard InChI is InChI=1S/C36H54O9/c1-4-43-36(41)34-30(38)22-27(2)23-32(34)45-35-28(24-29(42-3)25-31(35)39)26-44-33(40)20-18-16-14-12-10-8-6-5-7-9-11-13-15-17-19-21-37/h22-25,37-39H,4-21,26H2,1-3H3. The number of rotatable bonds is 24. The van der Waals surface area contributed by atoms with Gasteiger partial charge in [0.05, 0.1) is 13.7 Å². The molecule has 9 nitrogen and oxygen atoms in total. The molecule has 2 aromatic carbocycles. The predicted octanol–water partition coefficient (Wildman–Crippen LogP) is 8.66. The normalized spacial score (nSPS) is 10.9. The van der Waals surface area contributed by atoms with Crippen molar-refractivity contribution in [1.29, 1.82) is 0 Å². The first-order valence-corrected chi connectivity index (χ1v) is 16.7. The van der Waals surface area contributed by atoms with Gasteiger partial charge in [-0.25, -0.2) is 4.79 Å². The smallest absolute Gasteiger partial charge is 0.345 e. The van der Waals surface area contributed by atoms with Crippen LogP contribution < -0.4 is 9.47 Å². The number of carbonyl (C=O) groups excluding carboxylic acids is 2. The number of aromatic hydroxyl groups is 2. The summed E-state index contributed by atoms with van der Waals surface area (Å²) in [4.78, 5) is 25.1. The summed E-state index contributed by atoms with van der Waals surface area (Å²) in [5, 5.41) is 30.0. The van der Waals surface area contributed by atoms with Crippen LogP contribution in [0.1, 0.15) is 131 Å². The second-order valence-electron chi connectivity index (χ2n) is 11.6. The predicted molar refractivity (Wildman–Crippen MR) is 174 cm³/mol. The molecular weight excluding hydrogens is 576 g/mol. The fraction of sp³-hybridized carbons (Fsp3) is 0.611. The minimum absolute atomic E-state index is 0.000229. The number of phenols is 2. The van der Waals surface area contributed by atoms with E-state index in [1.54, 1.807) is 26.0 Å². The summed E-state index contributed by atoms with van der Waals surface area (Å²) in [6, 6.07) is 5.91. The Morgan fingerprint density at radius 2 is 1.27 bits per heavy atom. The molecule has 0 heterocycles. The van der Waals surface area contributed by atoms with Crippen LogP contribution in [0.5, 0.6) is 28.7 Å². The Hall–Kier alpha value is -3.46. The van der Waals surface area contributed by atoms with Crippen molar-refractivity contribution in [2.75, 3.05) is 20.3 Å². The van der Waals surface area contributed by atoms with Gasteiger partial charge >= 0.3 is 11.9 Å². The average Bonchev–Trinajstić information content (AvgIpc) is 3.00.